The van der Waals surface area contributed by atoms with E-state index in [0.29, 0.717) is 26.1 Å². The third kappa shape index (κ3) is 11.0. The number of benzene rings is 2. The Morgan fingerprint density at radius 1 is 0.939 bits per heavy atom. The zero-order valence-corrected chi connectivity index (χ0v) is 31.4. The van der Waals surface area contributed by atoms with E-state index in [9.17, 15) is 4.79 Å². The van der Waals surface area contributed by atoms with Gasteiger partial charge in [-0.3, -0.25) is 4.79 Å². The molecule has 0 radical (unpaired) electrons. The minimum Gasteiger partial charge on any atom is -0.488 e. The molecule has 1 unspecified atom stereocenters. The summed E-state index contributed by atoms with van der Waals surface area (Å²) in [4.78, 5) is 20.1. The summed E-state index contributed by atoms with van der Waals surface area (Å²) in [6.45, 7) is 19.9. The highest BCUT2D eigenvalue weighted by molar-refractivity contribution is 5.74. The molecule has 0 spiro atoms. The van der Waals surface area contributed by atoms with Gasteiger partial charge in [0.2, 0.25) is 0 Å². The van der Waals surface area contributed by atoms with Crippen LogP contribution in [0, 0.1) is 19.8 Å². The summed E-state index contributed by atoms with van der Waals surface area (Å²) in [6, 6.07) is 16.8. The second-order valence-corrected chi connectivity index (χ2v) is 14.8. The van der Waals surface area contributed by atoms with Gasteiger partial charge >= 0.3 is 5.97 Å². The molecule has 5 rings (SSSR count). The summed E-state index contributed by atoms with van der Waals surface area (Å²) in [5.41, 5.74) is 7.91. The Bertz CT molecular complexity index is 1530. The Morgan fingerprint density at radius 3 is 2.31 bits per heavy atom. The predicted octanol–water partition coefficient (Wildman–Crippen LogP) is 6.42. The summed E-state index contributed by atoms with van der Waals surface area (Å²) >= 11 is 0. The number of hydrogen-bond donors (Lipinski definition) is 1. The van der Waals surface area contributed by atoms with Crippen LogP contribution >= 0.6 is 0 Å². The lowest BCUT2D eigenvalue weighted by molar-refractivity contribution is -0.165. The van der Waals surface area contributed by atoms with E-state index in [1.807, 2.05) is 59.7 Å². The van der Waals surface area contributed by atoms with Crippen LogP contribution in [0.1, 0.15) is 75.8 Å². The summed E-state index contributed by atoms with van der Waals surface area (Å²) < 4.78 is 23.0. The van der Waals surface area contributed by atoms with E-state index in [4.69, 9.17) is 23.9 Å². The van der Waals surface area contributed by atoms with Gasteiger partial charge in [-0.05, 0) is 134 Å². The number of para-hydroxylation sites is 1. The van der Waals surface area contributed by atoms with Gasteiger partial charge in [-0.2, -0.15) is 0 Å². The number of nitrogens with zero attached hydrogens (tertiary/aromatic N) is 2. The number of pyridine rings is 1. The number of methoxy groups -OCH3 is 2. The van der Waals surface area contributed by atoms with Crippen LogP contribution < -0.4 is 15.0 Å². The van der Waals surface area contributed by atoms with Gasteiger partial charge in [0.1, 0.15) is 23.8 Å². The number of carbonyl (C=O) groups is 1. The maximum Gasteiger partial charge on any atom is 0.312 e. The van der Waals surface area contributed by atoms with Crippen molar-refractivity contribution < 1.29 is 29.2 Å². The van der Waals surface area contributed by atoms with Crippen molar-refractivity contribution in [2.45, 2.75) is 98.6 Å². The van der Waals surface area contributed by atoms with Gasteiger partial charge in [-0.1, -0.05) is 30.3 Å². The van der Waals surface area contributed by atoms with Crippen LogP contribution in [0.5, 0.6) is 5.75 Å². The van der Waals surface area contributed by atoms with Crippen molar-refractivity contribution in [3.05, 3.63) is 76.3 Å². The number of anilines is 1. The van der Waals surface area contributed by atoms with Crippen LogP contribution in [0.2, 0.25) is 0 Å². The lowest BCUT2D eigenvalue weighted by Gasteiger charge is -2.38. The van der Waals surface area contributed by atoms with Crippen LogP contribution in [-0.4, -0.2) is 74.1 Å². The molecule has 3 aromatic rings. The molecule has 9 nitrogen and oxygen atoms in total. The molecule has 0 bridgehead atoms. The Hall–Kier alpha value is -3.50. The molecule has 3 heterocycles. The van der Waals surface area contributed by atoms with Gasteiger partial charge in [0, 0.05) is 32.9 Å². The number of hydrogen-bond acceptors (Lipinski definition) is 8. The first-order valence-corrected chi connectivity index (χ1v) is 17.3. The fourth-order valence-corrected chi connectivity index (χ4v) is 6.12. The average molecular weight is 678 g/mol. The van der Waals surface area contributed by atoms with Crippen molar-refractivity contribution in [3.63, 3.8) is 0 Å². The number of esters is 1. The molecule has 2 aromatic carbocycles. The predicted molar refractivity (Wildman–Crippen MR) is 198 cm³/mol. The van der Waals surface area contributed by atoms with Gasteiger partial charge in [-0.25, -0.2) is 4.98 Å². The van der Waals surface area contributed by atoms with E-state index < -0.39 is 5.60 Å². The SMILES string of the molecule is COC(C)(C)C.CO[C@H]1CN(c2cccc(-c3cccc(C)c3OCc3ccc4c(c3C)CCNCC4)n2)CCC1C(=O)OC(C)(C)C.O. The number of carbonyl (C=O) groups excluding carboxylic acids is 1. The summed E-state index contributed by atoms with van der Waals surface area (Å²) in [5.74, 6) is 1.23. The van der Waals surface area contributed by atoms with Crippen LogP contribution in [0.25, 0.3) is 11.3 Å². The molecule has 2 aliphatic rings. The lowest BCUT2D eigenvalue weighted by Crippen LogP contribution is -2.49. The Balaban J connectivity index is 0.000000853. The Kier molecular flexibility index (Phi) is 14.2. The summed E-state index contributed by atoms with van der Waals surface area (Å²) in [5, 5.41) is 3.51. The molecule has 1 aromatic heterocycles. The monoisotopic (exact) mass is 677 g/mol. The van der Waals surface area contributed by atoms with E-state index in [1.165, 1.54) is 22.3 Å². The Morgan fingerprint density at radius 2 is 1.63 bits per heavy atom. The molecule has 0 saturated carbocycles. The second kappa shape index (κ2) is 17.4. The molecule has 0 amide bonds. The first-order valence-electron chi connectivity index (χ1n) is 17.3. The number of aromatic nitrogens is 1. The number of fused-ring (bicyclic) bond motifs is 1. The number of rotatable bonds is 7. The van der Waals surface area contributed by atoms with Crippen LogP contribution in [0.15, 0.2) is 48.5 Å². The largest absolute Gasteiger partial charge is 0.488 e. The van der Waals surface area contributed by atoms with E-state index in [2.05, 4.69) is 54.4 Å². The molecule has 2 aliphatic heterocycles. The van der Waals surface area contributed by atoms with Crippen molar-refractivity contribution in [3.8, 4) is 17.0 Å². The van der Waals surface area contributed by atoms with Crippen molar-refractivity contribution in [2.75, 3.05) is 45.3 Å². The van der Waals surface area contributed by atoms with Crippen molar-refractivity contribution in [2.24, 2.45) is 5.92 Å². The summed E-state index contributed by atoms with van der Waals surface area (Å²) in [6.07, 6.45) is 2.51. The zero-order valence-electron chi connectivity index (χ0n) is 31.4. The third-order valence-electron chi connectivity index (χ3n) is 9.03. The first kappa shape index (κ1) is 39.9. The molecule has 9 heteroatoms. The maximum absolute atomic E-state index is 12.9. The van der Waals surface area contributed by atoms with Crippen molar-refractivity contribution in [1.82, 2.24) is 10.3 Å². The van der Waals surface area contributed by atoms with Crippen LogP contribution in [0.4, 0.5) is 5.82 Å². The fraction of sp³-hybridized carbons (Fsp3) is 0.550. The van der Waals surface area contributed by atoms with Gasteiger partial charge < -0.3 is 34.6 Å². The fourth-order valence-electron chi connectivity index (χ4n) is 6.12. The van der Waals surface area contributed by atoms with Crippen LogP contribution in [0.3, 0.4) is 0 Å². The molecule has 1 saturated heterocycles. The highest BCUT2D eigenvalue weighted by atomic mass is 16.6. The van der Waals surface area contributed by atoms with E-state index in [1.54, 1.807) is 14.2 Å². The molecular formula is C40H59N3O6. The maximum atomic E-state index is 12.9. The average Bonchev–Trinajstić information content (AvgIpc) is 3.30. The zero-order chi connectivity index (χ0) is 35.1. The molecule has 49 heavy (non-hydrogen) atoms. The molecule has 2 atom stereocenters. The lowest BCUT2D eigenvalue weighted by atomic mass is 9.93. The standard InChI is InChI=1S/C35H45N3O4.C5H12O.H2O/c1-23-9-7-10-28(33(23)41-22-26-14-13-25-15-18-36-19-16-27(25)24(26)2)30-11-8-12-32(37-30)38-20-17-29(31(21-38)40-6)34(39)42-35(3,4)5;1-5(2,3)6-4;/h7-14,29,31,36H,15-22H2,1-6H3;1-4H3;1H2/t29?,31-;;/m0../s1. The number of aryl methyl sites for hydroxylation is 1. The van der Waals surface area contributed by atoms with Gasteiger partial charge in [-0.15, -0.1) is 0 Å². The second-order valence-electron chi connectivity index (χ2n) is 14.8. The molecule has 1 fully saturated rings. The van der Waals surface area contributed by atoms with Crippen molar-refractivity contribution in [1.29, 1.82) is 0 Å². The van der Waals surface area contributed by atoms with E-state index >= 15 is 0 Å². The molecule has 3 N–H and O–H groups in total. The molecule has 270 valence electrons. The third-order valence-corrected chi connectivity index (χ3v) is 9.03. The number of piperidine rings is 1. The normalized spacial score (nSPS) is 17.9. The quantitative estimate of drug-likeness (QED) is 0.285. The molecular weight excluding hydrogens is 618 g/mol. The van der Waals surface area contributed by atoms with Gasteiger partial charge in [0.15, 0.2) is 0 Å². The van der Waals surface area contributed by atoms with Crippen LogP contribution in [-0.2, 0) is 38.5 Å². The summed E-state index contributed by atoms with van der Waals surface area (Å²) in [7, 11) is 3.37. The highest BCUT2D eigenvalue weighted by Crippen LogP contribution is 2.35. The van der Waals surface area contributed by atoms with Gasteiger partial charge in [0.25, 0.3) is 0 Å². The number of ether oxygens (including phenoxy) is 4. The van der Waals surface area contributed by atoms with Gasteiger partial charge in [0.05, 0.1) is 23.3 Å². The molecule has 0 aliphatic carbocycles. The smallest absolute Gasteiger partial charge is 0.312 e. The minimum atomic E-state index is -0.522. The minimum absolute atomic E-state index is 0. The topological polar surface area (TPSA) is 114 Å². The first-order chi connectivity index (χ1) is 22.7. The highest BCUT2D eigenvalue weighted by Gasteiger charge is 2.37. The van der Waals surface area contributed by atoms with E-state index in [-0.39, 0.29) is 29.1 Å². The van der Waals surface area contributed by atoms with Crippen molar-refractivity contribution >= 4 is 11.8 Å². The number of nitrogens with one attached hydrogen (secondary N) is 1. The Labute approximate surface area is 294 Å². The van der Waals surface area contributed by atoms with E-state index in [0.717, 1.165) is 54.3 Å².